The fourth-order valence-electron chi connectivity index (χ4n) is 1.59. The number of hydrogen-bond acceptors (Lipinski definition) is 6. The second-order valence-corrected chi connectivity index (χ2v) is 3.97. The van der Waals surface area contributed by atoms with E-state index in [-0.39, 0.29) is 11.4 Å². The smallest absolute Gasteiger partial charge is 0.360 e. The maximum Gasteiger partial charge on any atom is 0.360 e. The van der Waals surface area contributed by atoms with E-state index in [9.17, 15) is 9.59 Å². The van der Waals surface area contributed by atoms with Crippen molar-refractivity contribution in [2.45, 2.75) is 6.92 Å². The molecule has 0 aliphatic heterocycles. The van der Waals surface area contributed by atoms with Crippen molar-refractivity contribution in [3.8, 4) is 0 Å². The monoisotopic (exact) mass is 275 g/mol. The molecule has 0 unspecified atom stereocenters. The van der Waals surface area contributed by atoms with Crippen molar-refractivity contribution in [3.63, 3.8) is 0 Å². The molecule has 0 aliphatic carbocycles. The second kappa shape index (κ2) is 5.47. The minimum Gasteiger partial charge on any atom is -0.464 e. The molecule has 8 heteroatoms. The van der Waals surface area contributed by atoms with Crippen LogP contribution in [-0.4, -0.2) is 38.7 Å². The van der Waals surface area contributed by atoms with Crippen LogP contribution < -0.4 is 5.32 Å². The quantitative estimate of drug-likeness (QED) is 0.821. The molecule has 0 aromatic carbocycles. The molecule has 1 N–H and O–H groups in total. The number of esters is 1. The summed E-state index contributed by atoms with van der Waals surface area (Å²) in [4.78, 5) is 31.4. The number of aryl methyl sites for hydroxylation is 1. The number of ether oxygens (including phenoxy) is 1. The zero-order valence-corrected chi connectivity index (χ0v) is 11.2. The Hall–Kier alpha value is -2.77. The molecule has 2 aromatic heterocycles. The van der Waals surface area contributed by atoms with Gasteiger partial charge in [0.25, 0.3) is 5.91 Å². The predicted molar refractivity (Wildman–Crippen MR) is 69.3 cm³/mol. The first kappa shape index (κ1) is 13.7. The lowest BCUT2D eigenvalue weighted by molar-refractivity contribution is 0.0594. The average Bonchev–Trinajstić information content (AvgIpc) is 2.75. The summed E-state index contributed by atoms with van der Waals surface area (Å²) in [6.07, 6.45) is 4.21. The first-order chi connectivity index (χ1) is 9.54. The van der Waals surface area contributed by atoms with Crippen molar-refractivity contribution in [3.05, 3.63) is 35.7 Å². The van der Waals surface area contributed by atoms with Crippen LogP contribution in [0, 0.1) is 6.92 Å². The van der Waals surface area contributed by atoms with Crippen molar-refractivity contribution in [1.29, 1.82) is 0 Å². The topological polar surface area (TPSA) is 99.0 Å². The molecule has 8 nitrogen and oxygen atoms in total. The molecule has 0 fully saturated rings. The van der Waals surface area contributed by atoms with Crippen LogP contribution in [0.5, 0.6) is 0 Å². The third kappa shape index (κ3) is 2.48. The first-order valence-electron chi connectivity index (χ1n) is 5.74. The maximum atomic E-state index is 12.0. The van der Waals surface area contributed by atoms with Gasteiger partial charge in [-0.15, -0.1) is 0 Å². The van der Waals surface area contributed by atoms with Crippen LogP contribution in [0.2, 0.25) is 0 Å². The van der Waals surface area contributed by atoms with E-state index in [4.69, 9.17) is 0 Å². The molecule has 0 saturated heterocycles. The molecule has 2 aromatic rings. The standard InChI is InChI=1S/C12H13N5O3/c1-7-9(10(12(19)20-3)16-17(7)2)15-11(18)8-6-13-4-5-14-8/h4-6H,1-3H3,(H,15,18). The van der Waals surface area contributed by atoms with Crippen LogP contribution in [0.3, 0.4) is 0 Å². The zero-order chi connectivity index (χ0) is 14.7. The minimum atomic E-state index is -0.622. The van der Waals surface area contributed by atoms with Crippen LogP contribution >= 0.6 is 0 Å². The summed E-state index contributed by atoms with van der Waals surface area (Å²) in [5, 5.41) is 6.62. The Morgan fingerprint density at radius 1 is 1.35 bits per heavy atom. The average molecular weight is 275 g/mol. The summed E-state index contributed by atoms with van der Waals surface area (Å²) in [5.74, 6) is -1.09. The zero-order valence-electron chi connectivity index (χ0n) is 11.2. The summed E-state index contributed by atoms with van der Waals surface area (Å²) in [6.45, 7) is 1.73. The lowest BCUT2D eigenvalue weighted by Crippen LogP contribution is -2.16. The van der Waals surface area contributed by atoms with Gasteiger partial charge in [-0.2, -0.15) is 5.10 Å². The molecule has 0 aliphatic rings. The number of anilines is 1. The van der Waals surface area contributed by atoms with Gasteiger partial charge >= 0.3 is 5.97 Å². The van der Waals surface area contributed by atoms with Gasteiger partial charge in [-0.1, -0.05) is 0 Å². The van der Waals surface area contributed by atoms with E-state index in [2.05, 4.69) is 25.1 Å². The Morgan fingerprint density at radius 3 is 2.70 bits per heavy atom. The number of carbonyl (C=O) groups is 2. The molecule has 2 heterocycles. The lowest BCUT2D eigenvalue weighted by Gasteiger charge is -2.05. The molecular weight excluding hydrogens is 262 g/mol. The van der Waals surface area contributed by atoms with Gasteiger partial charge in [0, 0.05) is 19.4 Å². The van der Waals surface area contributed by atoms with Gasteiger partial charge < -0.3 is 10.1 Å². The highest BCUT2D eigenvalue weighted by atomic mass is 16.5. The van der Waals surface area contributed by atoms with Crippen molar-refractivity contribution < 1.29 is 14.3 Å². The Labute approximate surface area is 114 Å². The predicted octanol–water partition coefficient (Wildman–Crippen LogP) is 0.557. The Bertz CT molecular complexity index is 651. The molecule has 2 rings (SSSR count). The molecule has 104 valence electrons. The Balaban J connectivity index is 2.34. The number of amides is 1. The van der Waals surface area contributed by atoms with Crippen molar-refractivity contribution in [2.24, 2.45) is 7.05 Å². The number of carbonyl (C=O) groups excluding carboxylic acids is 2. The SMILES string of the molecule is COC(=O)c1nn(C)c(C)c1NC(=O)c1cnccn1. The largest absolute Gasteiger partial charge is 0.464 e. The van der Waals surface area contributed by atoms with Crippen LogP contribution in [0.25, 0.3) is 0 Å². The highest BCUT2D eigenvalue weighted by molar-refractivity contribution is 6.06. The molecule has 0 saturated carbocycles. The second-order valence-electron chi connectivity index (χ2n) is 3.97. The van der Waals surface area contributed by atoms with E-state index < -0.39 is 11.9 Å². The number of methoxy groups -OCH3 is 1. The van der Waals surface area contributed by atoms with Gasteiger partial charge in [-0.05, 0) is 6.92 Å². The van der Waals surface area contributed by atoms with Gasteiger partial charge in [0.1, 0.15) is 5.69 Å². The molecule has 0 spiro atoms. The van der Waals surface area contributed by atoms with Crippen molar-refractivity contribution in [1.82, 2.24) is 19.7 Å². The maximum absolute atomic E-state index is 12.0. The Morgan fingerprint density at radius 2 is 2.10 bits per heavy atom. The van der Waals surface area contributed by atoms with E-state index in [1.54, 1.807) is 14.0 Å². The Kier molecular flexibility index (Phi) is 3.74. The van der Waals surface area contributed by atoms with Crippen LogP contribution in [0.15, 0.2) is 18.6 Å². The third-order valence-corrected chi connectivity index (χ3v) is 2.75. The van der Waals surface area contributed by atoms with E-state index in [1.807, 2.05) is 0 Å². The fraction of sp³-hybridized carbons (Fsp3) is 0.250. The number of rotatable bonds is 3. The van der Waals surface area contributed by atoms with E-state index in [1.165, 1.54) is 30.4 Å². The van der Waals surface area contributed by atoms with Crippen molar-refractivity contribution in [2.75, 3.05) is 12.4 Å². The summed E-state index contributed by atoms with van der Waals surface area (Å²) in [5.41, 5.74) is 1.12. The summed E-state index contributed by atoms with van der Waals surface area (Å²) in [6, 6.07) is 0. The van der Waals surface area contributed by atoms with Gasteiger partial charge in [0.15, 0.2) is 5.69 Å². The minimum absolute atomic E-state index is 0.0461. The molecule has 0 bridgehead atoms. The molecular formula is C12H13N5O3. The van der Waals surface area contributed by atoms with Crippen LogP contribution in [-0.2, 0) is 11.8 Å². The number of aromatic nitrogens is 4. The summed E-state index contributed by atoms with van der Waals surface area (Å²) in [7, 11) is 2.92. The van der Waals surface area contributed by atoms with Gasteiger partial charge in [-0.25, -0.2) is 9.78 Å². The van der Waals surface area contributed by atoms with E-state index in [0.29, 0.717) is 11.4 Å². The van der Waals surface area contributed by atoms with Crippen LogP contribution in [0.1, 0.15) is 26.7 Å². The lowest BCUT2D eigenvalue weighted by atomic mass is 10.3. The van der Waals surface area contributed by atoms with E-state index >= 15 is 0 Å². The third-order valence-electron chi connectivity index (χ3n) is 2.75. The normalized spacial score (nSPS) is 10.2. The highest BCUT2D eigenvalue weighted by Crippen LogP contribution is 2.20. The molecule has 1 amide bonds. The molecule has 20 heavy (non-hydrogen) atoms. The van der Waals surface area contributed by atoms with Crippen LogP contribution in [0.4, 0.5) is 5.69 Å². The molecule has 0 radical (unpaired) electrons. The number of nitrogens with one attached hydrogen (secondary N) is 1. The number of nitrogens with zero attached hydrogens (tertiary/aromatic N) is 4. The van der Waals surface area contributed by atoms with Gasteiger partial charge in [0.2, 0.25) is 0 Å². The fourth-order valence-corrected chi connectivity index (χ4v) is 1.59. The summed E-state index contributed by atoms with van der Waals surface area (Å²) < 4.78 is 6.12. The highest BCUT2D eigenvalue weighted by Gasteiger charge is 2.22. The van der Waals surface area contributed by atoms with Gasteiger partial charge in [0.05, 0.1) is 24.7 Å². The van der Waals surface area contributed by atoms with Gasteiger partial charge in [-0.3, -0.25) is 14.5 Å². The first-order valence-corrected chi connectivity index (χ1v) is 5.74. The molecule has 0 atom stereocenters. The van der Waals surface area contributed by atoms with E-state index in [0.717, 1.165) is 0 Å². The number of hydrogen-bond donors (Lipinski definition) is 1. The summed E-state index contributed by atoms with van der Waals surface area (Å²) >= 11 is 0. The van der Waals surface area contributed by atoms with Crippen molar-refractivity contribution >= 4 is 17.6 Å².